The number of rotatable bonds is 7. The van der Waals surface area contributed by atoms with Crippen molar-refractivity contribution in [2.24, 2.45) is 0 Å². The van der Waals surface area contributed by atoms with Gasteiger partial charge in [0.1, 0.15) is 6.61 Å². The average molecular weight is 510 g/mol. The molecule has 2 N–H and O–H groups in total. The van der Waals surface area contributed by atoms with Crippen LogP contribution in [0.2, 0.25) is 5.02 Å². The van der Waals surface area contributed by atoms with Crippen molar-refractivity contribution in [2.75, 3.05) is 23.9 Å². The van der Waals surface area contributed by atoms with Crippen LogP contribution in [0.4, 0.5) is 11.4 Å². The van der Waals surface area contributed by atoms with Crippen LogP contribution in [-0.2, 0) is 9.53 Å². The van der Waals surface area contributed by atoms with Gasteiger partial charge in [-0.2, -0.15) is 0 Å². The minimum Gasteiger partial charge on any atom is -0.375 e. The molecule has 2 fully saturated rings. The number of thiocarbonyl (C=S) groups is 1. The molecule has 3 heterocycles. The molecule has 2 atom stereocenters. The van der Waals surface area contributed by atoms with Crippen molar-refractivity contribution in [1.82, 2.24) is 14.9 Å². The molecule has 1 aliphatic heterocycles. The van der Waals surface area contributed by atoms with Crippen LogP contribution in [0.5, 0.6) is 0 Å². The molecule has 1 aromatic carbocycles. The van der Waals surface area contributed by atoms with Gasteiger partial charge in [-0.3, -0.25) is 9.78 Å². The highest BCUT2D eigenvalue weighted by Gasteiger charge is 2.43. The zero-order valence-corrected chi connectivity index (χ0v) is 21.5. The predicted molar refractivity (Wildman–Crippen MR) is 142 cm³/mol. The Morgan fingerprint density at radius 2 is 2.06 bits per heavy atom. The highest BCUT2D eigenvalue weighted by atomic mass is 35.5. The molecule has 182 valence electrons. The Kier molecular flexibility index (Phi) is 6.53. The van der Waals surface area contributed by atoms with Crippen molar-refractivity contribution in [3.8, 4) is 0 Å². The Bertz CT molecular complexity index is 1270. The molecule has 9 heteroatoms. The van der Waals surface area contributed by atoms with Gasteiger partial charge in [0.25, 0.3) is 0 Å². The number of aryl methyl sites for hydroxylation is 1. The second-order valence-corrected chi connectivity index (χ2v) is 9.86. The van der Waals surface area contributed by atoms with Gasteiger partial charge in [-0.25, -0.2) is 0 Å². The minimum atomic E-state index is -0.263. The monoisotopic (exact) mass is 509 g/mol. The molecule has 0 spiro atoms. The quantitative estimate of drug-likeness (QED) is 0.424. The Morgan fingerprint density at radius 1 is 1.26 bits per heavy atom. The van der Waals surface area contributed by atoms with Crippen molar-refractivity contribution in [3.05, 3.63) is 76.3 Å². The van der Waals surface area contributed by atoms with Gasteiger partial charge in [-0.15, -0.1) is 0 Å². The summed E-state index contributed by atoms with van der Waals surface area (Å²) in [6, 6.07) is 14.1. The summed E-state index contributed by atoms with van der Waals surface area (Å²) in [4.78, 5) is 18.7. The van der Waals surface area contributed by atoms with E-state index in [2.05, 4.69) is 45.0 Å². The first kappa shape index (κ1) is 23.8. The van der Waals surface area contributed by atoms with Gasteiger partial charge in [0.05, 0.1) is 28.5 Å². The van der Waals surface area contributed by atoms with E-state index < -0.39 is 0 Å². The number of halogens is 1. The SMILES string of the molecule is COCC(=O)Nc1ccc(N2C(=S)N[C@H](c3ccccn3)[C@@H]2c2cc(C)n(C3CC3)c2C)cc1Cl. The maximum absolute atomic E-state index is 12.0. The zero-order valence-electron chi connectivity index (χ0n) is 19.9. The number of methoxy groups -OCH3 is 1. The lowest BCUT2D eigenvalue weighted by Crippen LogP contribution is -2.29. The first-order valence-electron chi connectivity index (χ1n) is 11.7. The first-order valence-corrected chi connectivity index (χ1v) is 12.4. The van der Waals surface area contributed by atoms with E-state index in [-0.39, 0.29) is 24.6 Å². The van der Waals surface area contributed by atoms with Crippen molar-refractivity contribution >= 4 is 46.2 Å². The van der Waals surface area contributed by atoms with Crippen LogP contribution < -0.4 is 15.5 Å². The summed E-state index contributed by atoms with van der Waals surface area (Å²) >= 11 is 12.4. The van der Waals surface area contributed by atoms with E-state index >= 15 is 0 Å². The summed E-state index contributed by atoms with van der Waals surface area (Å²) in [5.74, 6) is -0.263. The van der Waals surface area contributed by atoms with Gasteiger partial charge in [0.2, 0.25) is 5.91 Å². The number of pyridine rings is 1. The summed E-state index contributed by atoms with van der Waals surface area (Å²) in [6.07, 6.45) is 4.24. The second-order valence-electron chi connectivity index (χ2n) is 9.07. The number of hydrogen-bond donors (Lipinski definition) is 2. The number of amides is 1. The molecule has 1 aliphatic carbocycles. The number of hydrogen-bond acceptors (Lipinski definition) is 4. The maximum atomic E-state index is 12.0. The molecule has 1 saturated heterocycles. The average Bonchev–Trinajstić information content (AvgIpc) is 3.54. The minimum absolute atomic E-state index is 0.0390. The molecule has 5 rings (SSSR count). The first-order chi connectivity index (χ1) is 16.9. The Hall–Kier alpha value is -2.94. The maximum Gasteiger partial charge on any atom is 0.250 e. The van der Waals surface area contributed by atoms with Crippen LogP contribution in [-0.4, -0.2) is 34.3 Å². The van der Waals surface area contributed by atoms with Gasteiger partial charge < -0.3 is 24.8 Å². The fourth-order valence-corrected chi connectivity index (χ4v) is 5.59. The number of nitrogens with zero attached hydrogens (tertiary/aromatic N) is 3. The third-order valence-electron chi connectivity index (χ3n) is 6.63. The van der Waals surface area contributed by atoms with E-state index in [9.17, 15) is 4.79 Å². The topological polar surface area (TPSA) is 71.4 Å². The molecule has 2 aliphatic rings. The standard InChI is InChI=1S/C26H28ClN5O2S/c1-15-12-19(16(2)31(15)17-7-8-17)25-24(22-6-4-5-11-28-22)30-26(35)32(25)18-9-10-21(20(27)13-18)29-23(33)14-34-3/h4-6,9-13,17,24-25H,7-8,14H2,1-3H3,(H,29,33)(H,30,35)/t24-,25+/m1/s1. The molecule has 0 bridgehead atoms. The Labute approximate surface area is 215 Å². The van der Waals surface area contributed by atoms with Crippen LogP contribution in [0.1, 0.15) is 53.6 Å². The van der Waals surface area contributed by atoms with E-state index in [1.807, 2.05) is 36.5 Å². The summed E-state index contributed by atoms with van der Waals surface area (Å²) in [5.41, 5.74) is 6.02. The zero-order chi connectivity index (χ0) is 24.7. The molecule has 3 aromatic rings. The normalized spacial score (nSPS) is 19.7. The largest absolute Gasteiger partial charge is 0.375 e. The predicted octanol–water partition coefficient (Wildman–Crippen LogP) is 5.25. The van der Waals surface area contributed by atoms with Crippen molar-refractivity contribution in [2.45, 2.75) is 44.8 Å². The van der Waals surface area contributed by atoms with E-state index in [4.69, 9.17) is 28.6 Å². The number of carbonyl (C=O) groups excluding carboxylic acids is 1. The Morgan fingerprint density at radius 3 is 2.71 bits per heavy atom. The van der Waals surface area contributed by atoms with E-state index in [0.717, 1.165) is 11.4 Å². The van der Waals surface area contributed by atoms with Crippen LogP contribution in [0.3, 0.4) is 0 Å². The van der Waals surface area contributed by atoms with E-state index in [1.54, 1.807) is 6.07 Å². The summed E-state index contributed by atoms with van der Waals surface area (Å²) < 4.78 is 7.35. The molecular weight excluding hydrogens is 482 g/mol. The third-order valence-corrected chi connectivity index (χ3v) is 7.26. The van der Waals surface area contributed by atoms with Crippen LogP contribution in [0, 0.1) is 13.8 Å². The van der Waals surface area contributed by atoms with Crippen LogP contribution >= 0.6 is 23.8 Å². The van der Waals surface area contributed by atoms with Gasteiger partial charge in [-0.1, -0.05) is 17.7 Å². The van der Waals surface area contributed by atoms with Gasteiger partial charge >= 0.3 is 0 Å². The number of anilines is 2. The molecule has 35 heavy (non-hydrogen) atoms. The Balaban J connectivity index is 1.57. The highest BCUT2D eigenvalue weighted by molar-refractivity contribution is 7.80. The van der Waals surface area contributed by atoms with Crippen molar-refractivity contribution in [3.63, 3.8) is 0 Å². The van der Waals surface area contributed by atoms with E-state index in [0.29, 0.717) is 21.9 Å². The van der Waals surface area contributed by atoms with Gasteiger partial charge in [0, 0.05) is 36.4 Å². The molecule has 2 aromatic heterocycles. The molecule has 0 unspecified atom stereocenters. The summed E-state index contributed by atoms with van der Waals surface area (Å²) in [6.45, 7) is 4.32. The number of nitrogens with one attached hydrogen (secondary N) is 2. The molecule has 1 saturated carbocycles. The van der Waals surface area contributed by atoms with Gasteiger partial charge in [0.15, 0.2) is 5.11 Å². The lowest BCUT2D eigenvalue weighted by Gasteiger charge is -2.28. The highest BCUT2D eigenvalue weighted by Crippen LogP contribution is 2.46. The smallest absolute Gasteiger partial charge is 0.250 e. The van der Waals surface area contributed by atoms with Crippen LogP contribution in [0.25, 0.3) is 0 Å². The fraction of sp³-hybridized carbons (Fsp3) is 0.346. The molecule has 1 amide bonds. The number of aromatic nitrogens is 2. The van der Waals surface area contributed by atoms with Crippen molar-refractivity contribution in [1.29, 1.82) is 0 Å². The van der Waals surface area contributed by atoms with Gasteiger partial charge in [-0.05, 0) is 80.9 Å². The second kappa shape index (κ2) is 9.60. The van der Waals surface area contributed by atoms with Crippen LogP contribution in [0.15, 0.2) is 48.7 Å². The number of carbonyl (C=O) groups is 1. The van der Waals surface area contributed by atoms with E-state index in [1.165, 1.54) is 36.9 Å². The fourth-order valence-electron chi connectivity index (χ4n) is 5.02. The summed E-state index contributed by atoms with van der Waals surface area (Å²) in [7, 11) is 1.48. The number of benzene rings is 1. The number of ether oxygens (including phenoxy) is 1. The molecular formula is C26H28ClN5O2S. The summed E-state index contributed by atoms with van der Waals surface area (Å²) in [5, 5.41) is 7.32. The lowest BCUT2D eigenvalue weighted by molar-refractivity contribution is -0.119. The molecule has 0 radical (unpaired) electrons. The van der Waals surface area contributed by atoms with Crippen molar-refractivity contribution < 1.29 is 9.53 Å². The third kappa shape index (κ3) is 4.53. The molecule has 7 nitrogen and oxygen atoms in total. The lowest BCUT2D eigenvalue weighted by atomic mass is 9.96.